The Bertz CT molecular complexity index is 1690. The van der Waals surface area contributed by atoms with Gasteiger partial charge in [0.15, 0.2) is 0 Å². The van der Waals surface area contributed by atoms with Gasteiger partial charge in [0, 0.05) is 69.9 Å². The van der Waals surface area contributed by atoms with Gasteiger partial charge in [-0.15, -0.1) is 0 Å². The summed E-state index contributed by atoms with van der Waals surface area (Å²) >= 11 is 0. The number of aromatic nitrogens is 2. The molecule has 8 heteroatoms. The monoisotopic (exact) mass is 525 g/mol. The van der Waals surface area contributed by atoms with Crippen LogP contribution >= 0.6 is 0 Å². The molecule has 3 aromatic carbocycles. The third-order valence-electron chi connectivity index (χ3n) is 7.79. The molecule has 2 aromatic heterocycles. The predicted octanol–water partition coefficient (Wildman–Crippen LogP) is 5.94. The van der Waals surface area contributed by atoms with Crippen LogP contribution in [-0.2, 0) is 7.05 Å². The lowest BCUT2D eigenvalue weighted by atomic mass is 9.88. The molecule has 0 bridgehead atoms. The van der Waals surface area contributed by atoms with Gasteiger partial charge in [0.2, 0.25) is 5.95 Å². The molecule has 200 valence electrons. The summed E-state index contributed by atoms with van der Waals surface area (Å²) in [7, 11) is 7.74. The second kappa shape index (κ2) is 9.76. The Morgan fingerprint density at radius 1 is 1.13 bits per heavy atom. The number of benzene rings is 3. The van der Waals surface area contributed by atoms with E-state index in [9.17, 15) is 9.18 Å². The first-order valence-corrected chi connectivity index (χ1v) is 13.3. The number of furan rings is 1. The number of nitrogens with one attached hydrogen (secondary N) is 1. The number of halogens is 1. The van der Waals surface area contributed by atoms with E-state index in [1.807, 2.05) is 32.3 Å². The van der Waals surface area contributed by atoms with Crippen molar-refractivity contribution in [1.29, 1.82) is 0 Å². The van der Waals surface area contributed by atoms with Crippen molar-refractivity contribution in [3.8, 4) is 11.3 Å². The predicted molar refractivity (Wildman–Crippen MR) is 154 cm³/mol. The number of imidazole rings is 1. The molecular weight excluding hydrogens is 493 g/mol. The van der Waals surface area contributed by atoms with Crippen molar-refractivity contribution in [2.45, 2.75) is 18.8 Å². The topological polar surface area (TPSA) is 66.5 Å². The lowest BCUT2D eigenvalue weighted by molar-refractivity contribution is 0.0964. The minimum Gasteiger partial charge on any atom is -0.455 e. The van der Waals surface area contributed by atoms with Gasteiger partial charge in [-0.2, -0.15) is 0 Å². The number of carbonyl (C=O) groups is 1. The number of carbonyl (C=O) groups excluding carboxylic acids is 1. The zero-order valence-corrected chi connectivity index (χ0v) is 22.7. The van der Waals surface area contributed by atoms with Gasteiger partial charge < -0.3 is 24.1 Å². The Morgan fingerprint density at radius 3 is 2.62 bits per heavy atom. The normalized spacial score (nSPS) is 15.7. The first kappa shape index (κ1) is 25.0. The quantitative estimate of drug-likeness (QED) is 0.308. The van der Waals surface area contributed by atoms with Gasteiger partial charge >= 0.3 is 0 Å². The van der Waals surface area contributed by atoms with E-state index in [0.29, 0.717) is 22.5 Å². The fourth-order valence-corrected chi connectivity index (χ4v) is 5.85. The number of para-hydroxylation sites is 2. The van der Waals surface area contributed by atoms with Crippen LogP contribution < -0.4 is 15.1 Å². The highest BCUT2D eigenvalue weighted by Crippen LogP contribution is 2.41. The summed E-state index contributed by atoms with van der Waals surface area (Å²) in [4.78, 5) is 22.6. The second-order valence-electron chi connectivity index (χ2n) is 10.4. The summed E-state index contributed by atoms with van der Waals surface area (Å²) in [6, 6.07) is 18.4. The van der Waals surface area contributed by atoms with Crippen LogP contribution in [0.5, 0.6) is 0 Å². The maximum Gasteiger partial charge on any atom is 0.255 e. The molecule has 0 radical (unpaired) electrons. The van der Waals surface area contributed by atoms with E-state index in [1.165, 1.54) is 17.7 Å². The lowest BCUT2D eigenvalue weighted by Crippen LogP contribution is -2.36. The van der Waals surface area contributed by atoms with Gasteiger partial charge in [-0.05, 0) is 60.9 Å². The summed E-state index contributed by atoms with van der Waals surface area (Å²) < 4.78 is 22.1. The van der Waals surface area contributed by atoms with E-state index in [4.69, 9.17) is 9.40 Å². The molecule has 1 fully saturated rings. The van der Waals surface area contributed by atoms with E-state index < -0.39 is 0 Å². The van der Waals surface area contributed by atoms with Crippen molar-refractivity contribution in [2.24, 2.45) is 7.05 Å². The number of hydrogen-bond donors (Lipinski definition) is 1. The molecule has 0 spiro atoms. The fourth-order valence-electron chi connectivity index (χ4n) is 5.85. The van der Waals surface area contributed by atoms with Crippen LogP contribution in [0.1, 0.15) is 34.7 Å². The molecule has 1 amide bonds. The molecule has 0 saturated carbocycles. The Hall–Kier alpha value is -4.33. The maximum atomic E-state index is 13.6. The average Bonchev–Trinajstić information content (AvgIpc) is 3.50. The molecule has 1 N–H and O–H groups in total. The summed E-state index contributed by atoms with van der Waals surface area (Å²) in [5, 5.41) is 3.52. The highest BCUT2D eigenvalue weighted by Gasteiger charge is 2.29. The van der Waals surface area contributed by atoms with Crippen LogP contribution in [-0.4, -0.2) is 49.7 Å². The minimum atomic E-state index is -0.337. The number of amides is 1. The van der Waals surface area contributed by atoms with Crippen LogP contribution in [0.2, 0.25) is 0 Å². The SMILES string of the molecule is CNC(=O)c1c(-c2ccc(F)cc2)oc2cc(N(C)C)c(C3CCCN(c4nc5ccccc5n4C)C3)cc12. The van der Waals surface area contributed by atoms with E-state index in [0.717, 1.165) is 54.0 Å². The first-order chi connectivity index (χ1) is 18.9. The summed E-state index contributed by atoms with van der Waals surface area (Å²) in [6.07, 6.45) is 2.07. The highest BCUT2D eigenvalue weighted by atomic mass is 19.1. The van der Waals surface area contributed by atoms with Crippen LogP contribution in [0.4, 0.5) is 16.0 Å². The van der Waals surface area contributed by atoms with E-state index >= 15 is 0 Å². The minimum absolute atomic E-state index is 0.235. The van der Waals surface area contributed by atoms with Crippen molar-refractivity contribution in [3.05, 3.63) is 77.6 Å². The van der Waals surface area contributed by atoms with E-state index in [-0.39, 0.29) is 17.6 Å². The Balaban J connectivity index is 1.46. The van der Waals surface area contributed by atoms with Crippen molar-refractivity contribution < 1.29 is 13.6 Å². The molecule has 6 rings (SSSR count). The van der Waals surface area contributed by atoms with Crippen LogP contribution in [0, 0.1) is 5.82 Å². The van der Waals surface area contributed by atoms with E-state index in [2.05, 4.69) is 44.9 Å². The average molecular weight is 526 g/mol. The molecule has 1 unspecified atom stereocenters. The summed E-state index contributed by atoms with van der Waals surface area (Å²) in [5.41, 5.74) is 6.10. The molecule has 1 aliphatic heterocycles. The molecule has 1 aliphatic rings. The van der Waals surface area contributed by atoms with Gasteiger partial charge in [-0.1, -0.05) is 12.1 Å². The summed E-state index contributed by atoms with van der Waals surface area (Å²) in [5.74, 6) is 1.08. The van der Waals surface area contributed by atoms with Crippen molar-refractivity contribution in [1.82, 2.24) is 14.9 Å². The fraction of sp³-hybridized carbons (Fsp3) is 0.290. The van der Waals surface area contributed by atoms with Gasteiger partial charge in [-0.3, -0.25) is 4.79 Å². The van der Waals surface area contributed by atoms with Gasteiger partial charge in [0.05, 0.1) is 16.6 Å². The molecule has 1 atom stereocenters. The number of fused-ring (bicyclic) bond motifs is 2. The van der Waals surface area contributed by atoms with Crippen LogP contribution in [0.3, 0.4) is 0 Å². The number of rotatable bonds is 5. The third-order valence-corrected chi connectivity index (χ3v) is 7.79. The summed E-state index contributed by atoms with van der Waals surface area (Å²) in [6.45, 7) is 1.76. The first-order valence-electron chi connectivity index (χ1n) is 13.3. The second-order valence-corrected chi connectivity index (χ2v) is 10.4. The van der Waals surface area contributed by atoms with Gasteiger partial charge in [0.1, 0.15) is 17.2 Å². The molecule has 5 aromatic rings. The molecule has 7 nitrogen and oxygen atoms in total. The number of hydrogen-bond acceptors (Lipinski definition) is 5. The standard InChI is InChI=1S/C31H32FN5O2/c1-33-30(38)28-23-16-22(26(35(2)3)17-27(23)39-29(28)19-11-13-21(32)14-12-19)20-8-7-15-37(18-20)31-34-24-9-5-6-10-25(24)36(31)4/h5-6,9-14,16-17,20H,7-8,15,18H2,1-4H3,(H,33,38). The molecular formula is C31H32FN5O2. The number of aryl methyl sites for hydroxylation is 1. The number of anilines is 2. The largest absolute Gasteiger partial charge is 0.455 e. The van der Waals surface area contributed by atoms with Gasteiger partial charge in [0.25, 0.3) is 5.91 Å². The highest BCUT2D eigenvalue weighted by molar-refractivity contribution is 6.11. The lowest BCUT2D eigenvalue weighted by Gasteiger charge is -2.35. The third kappa shape index (κ3) is 4.30. The van der Waals surface area contributed by atoms with Crippen LogP contribution in [0.25, 0.3) is 33.3 Å². The maximum absolute atomic E-state index is 13.6. The Labute approximate surface area is 226 Å². The molecule has 0 aliphatic carbocycles. The zero-order valence-electron chi connectivity index (χ0n) is 22.7. The molecule has 3 heterocycles. The van der Waals surface area contributed by atoms with Crippen molar-refractivity contribution in [3.63, 3.8) is 0 Å². The van der Waals surface area contributed by atoms with Crippen molar-refractivity contribution in [2.75, 3.05) is 44.0 Å². The number of piperidine rings is 1. The van der Waals surface area contributed by atoms with Crippen LogP contribution in [0.15, 0.2) is 65.1 Å². The molecule has 1 saturated heterocycles. The Morgan fingerprint density at radius 2 is 1.90 bits per heavy atom. The zero-order chi connectivity index (χ0) is 27.3. The van der Waals surface area contributed by atoms with Crippen molar-refractivity contribution >= 4 is 39.5 Å². The molecule has 39 heavy (non-hydrogen) atoms. The van der Waals surface area contributed by atoms with Gasteiger partial charge in [-0.25, -0.2) is 9.37 Å². The van der Waals surface area contributed by atoms with E-state index in [1.54, 1.807) is 19.2 Å². The number of nitrogens with zero attached hydrogens (tertiary/aromatic N) is 4. The Kier molecular flexibility index (Phi) is 6.25. The smallest absolute Gasteiger partial charge is 0.255 e.